The zero-order chi connectivity index (χ0) is 16.3. The maximum Gasteiger partial charge on any atom is 0.0701 e. The number of hydrogen-bond donors (Lipinski definition) is 0. The van der Waals surface area contributed by atoms with Crippen LogP contribution in [0, 0.1) is 0 Å². The van der Waals surface area contributed by atoms with Crippen molar-refractivity contribution in [3.05, 3.63) is 0 Å². The molecule has 3 heteroatoms. The molecule has 0 aliphatic rings. The van der Waals surface area contributed by atoms with Crippen LogP contribution in [0.3, 0.4) is 0 Å². The second-order valence-corrected chi connectivity index (χ2v) is 6.19. The van der Waals surface area contributed by atoms with Gasteiger partial charge in [-0.1, -0.05) is 59.3 Å². The molecule has 0 rings (SSSR count). The summed E-state index contributed by atoms with van der Waals surface area (Å²) in [6, 6.07) is 0. The quantitative estimate of drug-likeness (QED) is 0.336. The molecule has 0 fully saturated rings. The lowest BCUT2D eigenvalue weighted by Gasteiger charge is -2.22. The summed E-state index contributed by atoms with van der Waals surface area (Å²) in [5.41, 5.74) is 0. The van der Waals surface area contributed by atoms with Crippen molar-refractivity contribution < 1.29 is 9.47 Å². The molecule has 22 heavy (non-hydrogen) atoms. The van der Waals surface area contributed by atoms with Crippen molar-refractivity contribution in [2.24, 2.45) is 0 Å². The molecule has 3 nitrogen and oxygen atoms in total. The Hall–Kier alpha value is -0.120. The molecule has 0 heterocycles. The Morgan fingerprint density at radius 2 is 1.05 bits per heavy atom. The molecule has 0 unspecified atom stereocenters. The minimum absolute atomic E-state index is 0.736. The Kier molecular flexibility index (Phi) is 18.8. The summed E-state index contributed by atoms with van der Waals surface area (Å²) in [6.07, 6.45) is 11.9. The van der Waals surface area contributed by atoms with Gasteiger partial charge in [-0.3, -0.25) is 0 Å². The Morgan fingerprint density at radius 3 is 1.55 bits per heavy atom. The van der Waals surface area contributed by atoms with E-state index in [1.54, 1.807) is 0 Å². The molecule has 0 aromatic carbocycles. The third-order valence-corrected chi connectivity index (χ3v) is 3.93. The summed E-state index contributed by atoms with van der Waals surface area (Å²) in [6.45, 7) is 13.4. The zero-order valence-electron chi connectivity index (χ0n) is 15.6. The molecular formula is C19H41NO2. The first-order chi connectivity index (χ1) is 10.8. The first kappa shape index (κ1) is 21.9. The highest BCUT2D eigenvalue weighted by molar-refractivity contribution is 4.59. The van der Waals surface area contributed by atoms with Gasteiger partial charge in [0.2, 0.25) is 0 Å². The highest BCUT2D eigenvalue weighted by Crippen LogP contribution is 2.05. The Labute approximate surface area is 139 Å². The summed E-state index contributed by atoms with van der Waals surface area (Å²) in [5.74, 6) is 0. The van der Waals surface area contributed by atoms with E-state index < -0.39 is 0 Å². The second kappa shape index (κ2) is 18.9. The number of nitrogens with zero attached hydrogens (tertiary/aromatic N) is 1. The summed E-state index contributed by atoms with van der Waals surface area (Å²) in [4.78, 5) is 2.60. The van der Waals surface area contributed by atoms with E-state index in [1.165, 1.54) is 64.5 Å². The predicted octanol–water partition coefficient (Wildman–Crippen LogP) is 4.89. The van der Waals surface area contributed by atoms with E-state index in [2.05, 4.69) is 25.7 Å². The maximum absolute atomic E-state index is 5.70. The molecule has 0 saturated heterocycles. The fourth-order valence-corrected chi connectivity index (χ4v) is 2.52. The molecule has 0 saturated carbocycles. The molecular weight excluding hydrogens is 274 g/mol. The number of hydrogen-bond acceptors (Lipinski definition) is 3. The molecule has 0 aromatic rings. The highest BCUT2D eigenvalue weighted by Gasteiger charge is 2.04. The average molecular weight is 316 g/mol. The van der Waals surface area contributed by atoms with E-state index in [0.29, 0.717) is 0 Å². The van der Waals surface area contributed by atoms with Crippen molar-refractivity contribution in [2.75, 3.05) is 46.1 Å². The first-order valence-electron chi connectivity index (χ1n) is 9.72. The topological polar surface area (TPSA) is 21.7 Å². The number of ether oxygens (including phenoxy) is 2. The van der Waals surface area contributed by atoms with Crippen LogP contribution in [0.5, 0.6) is 0 Å². The second-order valence-electron chi connectivity index (χ2n) is 6.19. The van der Waals surface area contributed by atoms with Crippen LogP contribution in [0.2, 0.25) is 0 Å². The normalized spacial score (nSPS) is 11.5. The van der Waals surface area contributed by atoms with Crippen molar-refractivity contribution in [1.82, 2.24) is 4.90 Å². The molecule has 0 bridgehead atoms. The monoisotopic (exact) mass is 315 g/mol. The van der Waals surface area contributed by atoms with Gasteiger partial charge < -0.3 is 14.4 Å². The van der Waals surface area contributed by atoms with Crippen LogP contribution in [-0.4, -0.2) is 51.0 Å². The zero-order valence-corrected chi connectivity index (χ0v) is 15.6. The lowest BCUT2D eigenvalue weighted by molar-refractivity contribution is 0.0384. The van der Waals surface area contributed by atoms with E-state index in [1.807, 2.05) is 0 Å². The number of unbranched alkanes of at least 4 members (excludes halogenated alkanes) is 6. The van der Waals surface area contributed by atoms with Gasteiger partial charge in [0.25, 0.3) is 0 Å². The van der Waals surface area contributed by atoms with Gasteiger partial charge in [0.1, 0.15) is 0 Å². The van der Waals surface area contributed by atoms with E-state index in [4.69, 9.17) is 9.47 Å². The third kappa shape index (κ3) is 16.3. The minimum Gasteiger partial charge on any atom is -0.379 e. The Balaban J connectivity index is 3.66. The van der Waals surface area contributed by atoms with Gasteiger partial charge in [-0.2, -0.15) is 0 Å². The average Bonchev–Trinajstić information content (AvgIpc) is 2.53. The first-order valence-corrected chi connectivity index (χ1v) is 9.72. The molecule has 0 spiro atoms. The maximum atomic E-state index is 5.70. The Bertz CT molecular complexity index is 188. The fourth-order valence-electron chi connectivity index (χ4n) is 2.52. The van der Waals surface area contributed by atoms with E-state index in [0.717, 1.165) is 39.4 Å². The molecule has 0 aliphatic heterocycles. The van der Waals surface area contributed by atoms with Crippen LogP contribution in [-0.2, 0) is 9.47 Å². The van der Waals surface area contributed by atoms with E-state index >= 15 is 0 Å². The van der Waals surface area contributed by atoms with Gasteiger partial charge in [0, 0.05) is 13.2 Å². The minimum atomic E-state index is 0.736. The summed E-state index contributed by atoms with van der Waals surface area (Å²) < 4.78 is 11.1. The van der Waals surface area contributed by atoms with Gasteiger partial charge in [0.05, 0.1) is 19.8 Å². The van der Waals surface area contributed by atoms with Crippen molar-refractivity contribution in [1.29, 1.82) is 0 Å². The van der Waals surface area contributed by atoms with Crippen molar-refractivity contribution in [2.45, 2.75) is 78.6 Å². The fraction of sp³-hybridized carbons (Fsp3) is 1.00. The van der Waals surface area contributed by atoms with Crippen molar-refractivity contribution in [3.8, 4) is 0 Å². The highest BCUT2D eigenvalue weighted by atomic mass is 16.5. The van der Waals surface area contributed by atoms with Crippen LogP contribution in [0.4, 0.5) is 0 Å². The number of rotatable bonds is 18. The predicted molar refractivity (Wildman–Crippen MR) is 96.7 cm³/mol. The largest absolute Gasteiger partial charge is 0.379 e. The molecule has 134 valence electrons. The Morgan fingerprint density at radius 1 is 0.500 bits per heavy atom. The van der Waals surface area contributed by atoms with Gasteiger partial charge in [-0.15, -0.1) is 0 Å². The van der Waals surface area contributed by atoms with E-state index in [9.17, 15) is 0 Å². The molecule has 0 aromatic heterocycles. The molecule has 0 aliphatic carbocycles. The SMILES string of the molecule is CCCCCCN(CCCCCC)CCOCCOCCC. The molecule has 0 N–H and O–H groups in total. The smallest absolute Gasteiger partial charge is 0.0701 e. The molecule has 0 amide bonds. The van der Waals surface area contributed by atoms with Crippen molar-refractivity contribution in [3.63, 3.8) is 0 Å². The lowest BCUT2D eigenvalue weighted by atomic mass is 10.1. The van der Waals surface area contributed by atoms with Crippen LogP contribution in [0.1, 0.15) is 78.6 Å². The third-order valence-electron chi connectivity index (χ3n) is 3.93. The summed E-state index contributed by atoms with van der Waals surface area (Å²) >= 11 is 0. The van der Waals surface area contributed by atoms with Gasteiger partial charge in [-0.25, -0.2) is 0 Å². The van der Waals surface area contributed by atoms with Gasteiger partial charge in [0.15, 0.2) is 0 Å². The molecule has 0 atom stereocenters. The van der Waals surface area contributed by atoms with Gasteiger partial charge >= 0.3 is 0 Å². The summed E-state index contributed by atoms with van der Waals surface area (Å²) in [7, 11) is 0. The summed E-state index contributed by atoms with van der Waals surface area (Å²) in [5, 5.41) is 0. The van der Waals surface area contributed by atoms with Gasteiger partial charge in [-0.05, 0) is 32.4 Å². The molecule has 0 radical (unpaired) electrons. The van der Waals surface area contributed by atoms with Crippen LogP contribution >= 0.6 is 0 Å². The lowest BCUT2D eigenvalue weighted by Crippen LogP contribution is -2.30. The van der Waals surface area contributed by atoms with Crippen molar-refractivity contribution >= 4 is 0 Å². The van der Waals surface area contributed by atoms with E-state index in [-0.39, 0.29) is 0 Å². The standard InChI is InChI=1S/C19H41NO2/c1-4-7-9-11-13-20(14-12-10-8-5-2)15-17-22-19-18-21-16-6-3/h4-19H2,1-3H3. The van der Waals surface area contributed by atoms with Crippen LogP contribution < -0.4 is 0 Å². The van der Waals surface area contributed by atoms with Crippen LogP contribution in [0.15, 0.2) is 0 Å². The van der Waals surface area contributed by atoms with Crippen LogP contribution in [0.25, 0.3) is 0 Å².